The van der Waals surface area contributed by atoms with E-state index in [0.717, 1.165) is 40.0 Å². The molecule has 0 aromatic heterocycles. The molecule has 3 N–H and O–H groups in total. The third-order valence-corrected chi connectivity index (χ3v) is 8.31. The number of benzene rings is 2. The third kappa shape index (κ3) is 6.16. The molecule has 4 rings (SSSR count). The van der Waals surface area contributed by atoms with Crippen molar-refractivity contribution in [1.82, 2.24) is 4.90 Å². The van der Waals surface area contributed by atoms with Gasteiger partial charge in [-0.1, -0.05) is 43.2 Å². The van der Waals surface area contributed by atoms with Crippen LogP contribution in [0.1, 0.15) is 55.7 Å². The van der Waals surface area contributed by atoms with E-state index in [2.05, 4.69) is 13.0 Å². The van der Waals surface area contributed by atoms with E-state index >= 15 is 0 Å². The molecule has 1 aliphatic heterocycles. The summed E-state index contributed by atoms with van der Waals surface area (Å²) in [6.45, 7) is 5.71. The number of nitrogens with zero attached hydrogens (tertiary/aromatic N) is 1. The molecule has 2 aromatic rings. The number of amides is 2. The highest BCUT2D eigenvalue weighted by Crippen LogP contribution is 2.46. The third-order valence-electron chi connectivity index (χ3n) is 8.31. The van der Waals surface area contributed by atoms with Crippen LogP contribution in [0.25, 0.3) is 6.08 Å². The zero-order valence-corrected chi connectivity index (χ0v) is 23.9. The van der Waals surface area contributed by atoms with Gasteiger partial charge in [-0.2, -0.15) is 0 Å². The zero-order chi connectivity index (χ0) is 29.0. The fourth-order valence-electron chi connectivity index (χ4n) is 6.31. The summed E-state index contributed by atoms with van der Waals surface area (Å²) >= 11 is 0. The Balaban J connectivity index is 1.62. The lowest BCUT2D eigenvalue weighted by Gasteiger charge is -2.36. The van der Waals surface area contributed by atoms with Gasteiger partial charge in [0, 0.05) is 13.0 Å². The Morgan fingerprint density at radius 3 is 2.40 bits per heavy atom. The minimum absolute atomic E-state index is 0.172. The monoisotopic (exact) mass is 547 g/mol. The smallest absolute Gasteiger partial charge is 0.233 e. The molecule has 0 bridgehead atoms. The molecule has 2 aliphatic rings. The zero-order valence-electron chi connectivity index (χ0n) is 23.9. The number of fused-ring (bicyclic) bond motifs is 1. The number of rotatable bonds is 11. The Morgan fingerprint density at radius 2 is 1.77 bits per heavy atom. The summed E-state index contributed by atoms with van der Waals surface area (Å²) in [5, 5.41) is 32.2. The van der Waals surface area contributed by atoms with Gasteiger partial charge in [-0.15, -0.1) is 0 Å². The molecule has 40 heavy (non-hydrogen) atoms. The van der Waals surface area contributed by atoms with Gasteiger partial charge in [0.25, 0.3) is 0 Å². The lowest BCUT2D eigenvalue weighted by Crippen LogP contribution is -2.39. The maximum atomic E-state index is 13.0. The first-order chi connectivity index (χ1) is 19.2. The van der Waals surface area contributed by atoms with Crippen molar-refractivity contribution in [1.29, 1.82) is 0 Å². The largest absolute Gasteiger partial charge is 0.507 e. The quantitative estimate of drug-likeness (QED) is 0.271. The number of carbonyl (C=O) groups is 2. The molecule has 2 aromatic carbocycles. The molecule has 1 fully saturated rings. The van der Waals surface area contributed by atoms with Crippen molar-refractivity contribution >= 4 is 17.9 Å². The highest BCUT2D eigenvalue weighted by molar-refractivity contribution is 6.05. The van der Waals surface area contributed by atoms with Crippen molar-refractivity contribution < 1.29 is 29.6 Å². The topological polar surface area (TPSA) is 107 Å². The highest BCUT2D eigenvalue weighted by Gasteiger charge is 2.53. The molecule has 7 heteroatoms. The first-order valence-electron chi connectivity index (χ1n) is 14.2. The minimum Gasteiger partial charge on any atom is -0.507 e. The van der Waals surface area contributed by atoms with Gasteiger partial charge >= 0.3 is 0 Å². The molecule has 0 unspecified atom stereocenters. The number of aryl methyl sites for hydroxylation is 2. The van der Waals surface area contributed by atoms with Crippen LogP contribution >= 0.6 is 0 Å². The van der Waals surface area contributed by atoms with Crippen LogP contribution in [0.4, 0.5) is 0 Å². The summed E-state index contributed by atoms with van der Waals surface area (Å²) in [7, 11) is 1.49. The summed E-state index contributed by atoms with van der Waals surface area (Å²) in [6, 6.07) is 13.3. The second kappa shape index (κ2) is 12.8. The first-order valence-corrected chi connectivity index (χ1v) is 14.2. The van der Waals surface area contributed by atoms with Crippen molar-refractivity contribution in [3.05, 3.63) is 75.9 Å². The molecule has 1 heterocycles. The summed E-state index contributed by atoms with van der Waals surface area (Å²) < 4.78 is 6.04. The van der Waals surface area contributed by atoms with Crippen LogP contribution in [0.5, 0.6) is 11.5 Å². The summed E-state index contributed by atoms with van der Waals surface area (Å²) in [5.74, 6) is -1.45. The van der Waals surface area contributed by atoms with E-state index in [1.165, 1.54) is 12.6 Å². The number of phenols is 1. The Labute approximate surface area is 236 Å². The Bertz CT molecular complexity index is 1270. The number of hydrogen-bond acceptors (Lipinski definition) is 6. The van der Waals surface area contributed by atoms with Gasteiger partial charge in [0.2, 0.25) is 11.8 Å². The fourth-order valence-corrected chi connectivity index (χ4v) is 6.31. The highest BCUT2D eigenvalue weighted by atomic mass is 16.5. The second-order valence-electron chi connectivity index (χ2n) is 11.1. The van der Waals surface area contributed by atoms with E-state index in [1.54, 1.807) is 0 Å². The molecule has 1 aliphatic carbocycles. The van der Waals surface area contributed by atoms with Crippen molar-refractivity contribution in [3.8, 4) is 11.5 Å². The number of phenolic OH excluding ortho intramolecular Hbond substituents is 1. The molecule has 2 amide bonds. The summed E-state index contributed by atoms with van der Waals surface area (Å²) in [4.78, 5) is 27.1. The van der Waals surface area contributed by atoms with Crippen LogP contribution in [0, 0.1) is 31.6 Å². The van der Waals surface area contributed by atoms with E-state index in [0.29, 0.717) is 36.3 Å². The molecule has 7 nitrogen and oxygen atoms in total. The number of imide groups is 1. The predicted octanol–water partition coefficient (Wildman–Crippen LogP) is 4.95. The average Bonchev–Trinajstić information content (AvgIpc) is 3.16. The number of aromatic hydroxyl groups is 1. The molecule has 0 radical (unpaired) electrons. The molecular weight excluding hydrogens is 506 g/mol. The Hall–Kier alpha value is -3.42. The number of carbonyl (C=O) groups excluding carboxylic acids is 2. The van der Waals surface area contributed by atoms with Gasteiger partial charge in [0.05, 0.1) is 24.5 Å². The average molecular weight is 548 g/mol. The van der Waals surface area contributed by atoms with Crippen LogP contribution < -0.4 is 4.74 Å². The summed E-state index contributed by atoms with van der Waals surface area (Å²) in [5.41, 5.74) is 5.23. The molecule has 0 saturated carbocycles. The van der Waals surface area contributed by atoms with Crippen molar-refractivity contribution in [3.63, 3.8) is 0 Å². The van der Waals surface area contributed by atoms with Gasteiger partial charge in [0.1, 0.15) is 18.1 Å². The number of likely N-dealkylation sites (tertiary alicyclic amines) is 1. The summed E-state index contributed by atoms with van der Waals surface area (Å²) in [6.07, 6.45) is 4.40. The molecular formula is C33H41NO6. The second-order valence-corrected chi connectivity index (χ2v) is 11.1. The van der Waals surface area contributed by atoms with Gasteiger partial charge in [-0.3, -0.25) is 14.5 Å². The lowest BCUT2D eigenvalue weighted by atomic mass is 9.68. The predicted molar refractivity (Wildman–Crippen MR) is 155 cm³/mol. The maximum absolute atomic E-state index is 13.0. The van der Waals surface area contributed by atoms with Gasteiger partial charge in [-0.25, -0.2) is 0 Å². The van der Waals surface area contributed by atoms with Crippen molar-refractivity contribution in [2.45, 2.75) is 59.0 Å². The normalized spacial score (nSPS) is 22.1. The first kappa shape index (κ1) is 29.6. The number of ether oxygens (including phenoxy) is 1. The van der Waals surface area contributed by atoms with Gasteiger partial charge < -0.3 is 20.1 Å². The Kier molecular flexibility index (Phi) is 9.48. The molecule has 4 atom stereocenters. The number of hydrogen-bond donors (Lipinski definition) is 3. The SMILES string of the molecule is CCC/C(=C\c1cc(C)c(O)c(C)c1)CC[C@@H](O)C1=C(COc2ccccc2)C[C@H]2C(=O)N(C)C(=O)[C@H]2[C@H]1CO. The Morgan fingerprint density at radius 1 is 1.10 bits per heavy atom. The van der Waals surface area contributed by atoms with Crippen molar-refractivity contribution in [2.75, 3.05) is 20.3 Å². The lowest BCUT2D eigenvalue weighted by molar-refractivity contribution is -0.138. The van der Waals surface area contributed by atoms with E-state index in [4.69, 9.17) is 4.74 Å². The van der Waals surface area contributed by atoms with Gasteiger partial charge in [-0.05, 0) is 91.6 Å². The van der Waals surface area contributed by atoms with E-state index < -0.39 is 23.9 Å². The standard InChI is InChI=1S/C33H41NO6/c1-5-9-22(16-23-14-20(2)31(37)21(3)15-23)12-13-28(36)29-24(19-40-25-10-7-6-8-11-25)17-26-30(27(29)18-35)33(39)34(4)32(26)38/h6-8,10-11,14-16,26-28,30,35-37H,5,9,12-13,17-19H2,1-4H3/b22-16+/t26-,27+,28-,30-/m1/s1. The fraction of sp³-hybridized carbons (Fsp3) is 0.455. The number of aliphatic hydroxyl groups excluding tert-OH is 2. The number of para-hydroxylation sites is 1. The number of aliphatic hydroxyl groups is 2. The van der Waals surface area contributed by atoms with E-state index in [9.17, 15) is 24.9 Å². The van der Waals surface area contributed by atoms with Crippen LogP contribution in [0.3, 0.4) is 0 Å². The van der Waals surface area contributed by atoms with Crippen LogP contribution in [0.15, 0.2) is 59.2 Å². The van der Waals surface area contributed by atoms with Crippen LogP contribution in [-0.4, -0.2) is 58.4 Å². The van der Waals surface area contributed by atoms with Crippen molar-refractivity contribution in [2.24, 2.45) is 17.8 Å². The van der Waals surface area contributed by atoms with Gasteiger partial charge in [0.15, 0.2) is 0 Å². The maximum Gasteiger partial charge on any atom is 0.233 e. The number of allylic oxidation sites excluding steroid dienone is 1. The minimum atomic E-state index is -0.898. The van der Waals surface area contributed by atoms with Crippen LogP contribution in [-0.2, 0) is 9.59 Å². The van der Waals surface area contributed by atoms with Crippen LogP contribution in [0.2, 0.25) is 0 Å². The molecule has 0 spiro atoms. The van der Waals surface area contributed by atoms with E-state index in [-0.39, 0.29) is 25.0 Å². The molecule has 1 saturated heterocycles. The molecule has 214 valence electrons. The van der Waals surface area contributed by atoms with E-state index in [1.807, 2.05) is 56.3 Å².